The van der Waals surface area contributed by atoms with Crippen LogP contribution in [0.25, 0.3) is 0 Å². The smallest absolute Gasteiger partial charge is 0.0576 e. The molecular formula is C18H27NOS. The van der Waals surface area contributed by atoms with Gasteiger partial charge in [-0.3, -0.25) is 0 Å². The van der Waals surface area contributed by atoms with Crippen LogP contribution in [0, 0.1) is 0 Å². The van der Waals surface area contributed by atoms with Crippen LogP contribution < -0.4 is 5.32 Å². The predicted octanol–water partition coefficient (Wildman–Crippen LogP) is 4.20. The third kappa shape index (κ3) is 3.82. The molecule has 0 radical (unpaired) electrons. The summed E-state index contributed by atoms with van der Waals surface area (Å²) < 4.78 is 5.81. The Labute approximate surface area is 133 Å². The van der Waals surface area contributed by atoms with E-state index in [2.05, 4.69) is 36.5 Å². The molecule has 21 heavy (non-hydrogen) atoms. The second kappa shape index (κ2) is 7.66. The molecule has 3 heteroatoms. The maximum absolute atomic E-state index is 5.81. The van der Waals surface area contributed by atoms with Gasteiger partial charge in [0, 0.05) is 29.2 Å². The Hall–Kier alpha value is -0.510. The minimum Gasteiger partial charge on any atom is -0.378 e. The number of hydrogen-bond donors (Lipinski definition) is 1. The number of hydrogen-bond acceptors (Lipinski definition) is 3. The molecule has 1 aromatic rings. The predicted molar refractivity (Wildman–Crippen MR) is 90.2 cm³/mol. The highest BCUT2D eigenvalue weighted by atomic mass is 32.2. The minimum atomic E-state index is 0.514. The fourth-order valence-corrected chi connectivity index (χ4v) is 4.87. The third-order valence-electron chi connectivity index (χ3n) is 4.70. The Morgan fingerprint density at radius 1 is 1.38 bits per heavy atom. The summed E-state index contributed by atoms with van der Waals surface area (Å²) in [5, 5.41) is 3.81. The first-order chi connectivity index (χ1) is 10.4. The first-order valence-corrected chi connectivity index (χ1v) is 9.43. The van der Waals surface area contributed by atoms with Crippen LogP contribution in [-0.2, 0) is 4.74 Å². The summed E-state index contributed by atoms with van der Waals surface area (Å²) in [7, 11) is 0. The fraction of sp³-hybridized carbons (Fsp3) is 0.667. The molecule has 116 valence electrons. The van der Waals surface area contributed by atoms with Crippen LogP contribution in [0.1, 0.15) is 50.5 Å². The van der Waals surface area contributed by atoms with Crippen molar-refractivity contribution < 1.29 is 4.74 Å². The van der Waals surface area contributed by atoms with E-state index in [0.717, 1.165) is 13.2 Å². The van der Waals surface area contributed by atoms with Gasteiger partial charge < -0.3 is 10.1 Å². The molecule has 1 aromatic carbocycles. The van der Waals surface area contributed by atoms with E-state index in [1.807, 2.05) is 11.8 Å². The number of fused-ring (bicyclic) bond motifs is 1. The Bertz CT molecular complexity index is 445. The van der Waals surface area contributed by atoms with Crippen LogP contribution >= 0.6 is 11.8 Å². The van der Waals surface area contributed by atoms with Crippen LogP contribution in [0.4, 0.5) is 0 Å². The number of ether oxygens (including phenoxy) is 1. The first-order valence-electron chi connectivity index (χ1n) is 8.45. The summed E-state index contributed by atoms with van der Waals surface area (Å²) in [5.74, 6) is 1.89. The molecule has 2 aliphatic heterocycles. The monoisotopic (exact) mass is 305 g/mol. The van der Waals surface area contributed by atoms with Crippen LogP contribution in [0.3, 0.4) is 0 Å². The van der Waals surface area contributed by atoms with Crippen molar-refractivity contribution in [3.8, 4) is 0 Å². The zero-order valence-electron chi connectivity index (χ0n) is 13.0. The summed E-state index contributed by atoms with van der Waals surface area (Å²) in [6.45, 7) is 4.35. The lowest BCUT2D eigenvalue weighted by Gasteiger charge is -2.26. The maximum atomic E-state index is 5.81. The normalized spacial score (nSPS) is 26.0. The molecule has 0 bridgehead atoms. The van der Waals surface area contributed by atoms with Gasteiger partial charge in [-0.1, -0.05) is 25.1 Å². The Balaban J connectivity index is 1.64. The largest absolute Gasteiger partial charge is 0.378 e. The lowest BCUT2D eigenvalue weighted by molar-refractivity contribution is 0.0988. The molecule has 1 saturated heterocycles. The van der Waals surface area contributed by atoms with Gasteiger partial charge in [-0.05, 0) is 50.3 Å². The standard InChI is InChI=1S/C18H27NOS/c1-2-11-19-17(10-9-14-6-5-12-20-14)16-13-21-18-8-4-3-7-15(16)18/h3-4,7-8,14,16-17,19H,2,5-6,9-13H2,1H3. The highest BCUT2D eigenvalue weighted by Crippen LogP contribution is 2.42. The number of benzene rings is 1. The van der Waals surface area contributed by atoms with Crippen LogP contribution in [0.5, 0.6) is 0 Å². The van der Waals surface area contributed by atoms with Crippen molar-refractivity contribution in [1.82, 2.24) is 5.32 Å². The first kappa shape index (κ1) is 15.4. The molecule has 3 rings (SSSR count). The van der Waals surface area contributed by atoms with Gasteiger partial charge in [0.05, 0.1) is 6.10 Å². The lowest BCUT2D eigenvalue weighted by atomic mass is 9.89. The quantitative estimate of drug-likeness (QED) is 0.815. The van der Waals surface area contributed by atoms with Crippen LogP contribution in [-0.4, -0.2) is 31.1 Å². The van der Waals surface area contributed by atoms with Gasteiger partial charge in [0.25, 0.3) is 0 Å². The average Bonchev–Trinajstić information content (AvgIpc) is 3.17. The summed E-state index contributed by atoms with van der Waals surface area (Å²) >= 11 is 2.02. The Kier molecular flexibility index (Phi) is 5.61. The SMILES string of the molecule is CCCNC(CCC1CCCO1)C1CSc2ccccc21. The topological polar surface area (TPSA) is 21.3 Å². The van der Waals surface area contributed by atoms with Gasteiger partial charge in [-0.2, -0.15) is 0 Å². The van der Waals surface area contributed by atoms with Gasteiger partial charge in [0.1, 0.15) is 0 Å². The van der Waals surface area contributed by atoms with E-state index >= 15 is 0 Å². The van der Waals surface area contributed by atoms with E-state index in [4.69, 9.17) is 4.74 Å². The molecule has 2 aliphatic rings. The van der Waals surface area contributed by atoms with E-state index in [9.17, 15) is 0 Å². The molecule has 0 saturated carbocycles. The average molecular weight is 305 g/mol. The highest BCUT2D eigenvalue weighted by Gasteiger charge is 2.30. The molecule has 3 unspecified atom stereocenters. The Morgan fingerprint density at radius 3 is 3.10 bits per heavy atom. The molecule has 0 amide bonds. The molecule has 0 spiro atoms. The molecule has 0 aromatic heterocycles. The zero-order valence-corrected chi connectivity index (χ0v) is 13.8. The Morgan fingerprint density at radius 2 is 2.29 bits per heavy atom. The fourth-order valence-electron chi connectivity index (χ4n) is 3.53. The van der Waals surface area contributed by atoms with Crippen LogP contribution in [0.2, 0.25) is 0 Å². The zero-order chi connectivity index (χ0) is 14.5. The van der Waals surface area contributed by atoms with Crippen molar-refractivity contribution in [3.63, 3.8) is 0 Å². The molecule has 1 fully saturated rings. The van der Waals surface area contributed by atoms with E-state index in [1.54, 1.807) is 5.56 Å². The third-order valence-corrected chi connectivity index (χ3v) is 5.91. The molecule has 3 atom stereocenters. The number of nitrogens with one attached hydrogen (secondary N) is 1. The highest BCUT2D eigenvalue weighted by molar-refractivity contribution is 7.99. The molecular weight excluding hydrogens is 278 g/mol. The molecule has 2 nitrogen and oxygen atoms in total. The van der Waals surface area contributed by atoms with Gasteiger partial charge in [-0.15, -0.1) is 11.8 Å². The van der Waals surface area contributed by atoms with E-state index in [1.165, 1.54) is 42.8 Å². The van der Waals surface area contributed by atoms with E-state index < -0.39 is 0 Å². The maximum Gasteiger partial charge on any atom is 0.0576 e. The van der Waals surface area contributed by atoms with Crippen molar-refractivity contribution >= 4 is 11.8 Å². The molecule has 1 N–H and O–H groups in total. The van der Waals surface area contributed by atoms with Gasteiger partial charge in [0.2, 0.25) is 0 Å². The summed E-state index contributed by atoms with van der Waals surface area (Å²) in [6.07, 6.45) is 6.68. The van der Waals surface area contributed by atoms with Crippen molar-refractivity contribution in [2.24, 2.45) is 0 Å². The molecule has 0 aliphatic carbocycles. The number of rotatable bonds is 7. The van der Waals surface area contributed by atoms with Gasteiger partial charge in [-0.25, -0.2) is 0 Å². The molecule has 2 heterocycles. The second-order valence-electron chi connectivity index (χ2n) is 6.23. The number of thioether (sulfide) groups is 1. The van der Waals surface area contributed by atoms with E-state index in [-0.39, 0.29) is 0 Å². The van der Waals surface area contributed by atoms with Crippen molar-refractivity contribution in [2.45, 2.75) is 62.0 Å². The van der Waals surface area contributed by atoms with Crippen molar-refractivity contribution in [3.05, 3.63) is 29.8 Å². The van der Waals surface area contributed by atoms with Crippen molar-refractivity contribution in [2.75, 3.05) is 18.9 Å². The van der Waals surface area contributed by atoms with Gasteiger partial charge >= 0.3 is 0 Å². The van der Waals surface area contributed by atoms with Crippen molar-refractivity contribution in [1.29, 1.82) is 0 Å². The summed E-state index contributed by atoms with van der Waals surface area (Å²) in [5.41, 5.74) is 1.56. The summed E-state index contributed by atoms with van der Waals surface area (Å²) in [6, 6.07) is 9.55. The van der Waals surface area contributed by atoms with Gasteiger partial charge in [0.15, 0.2) is 0 Å². The van der Waals surface area contributed by atoms with E-state index in [0.29, 0.717) is 18.1 Å². The lowest BCUT2D eigenvalue weighted by Crippen LogP contribution is -2.36. The minimum absolute atomic E-state index is 0.514. The second-order valence-corrected chi connectivity index (χ2v) is 7.29. The summed E-state index contributed by atoms with van der Waals surface area (Å²) in [4.78, 5) is 1.49. The van der Waals surface area contributed by atoms with Crippen LogP contribution in [0.15, 0.2) is 29.2 Å².